The third-order valence-electron chi connectivity index (χ3n) is 4.35. The maximum absolute atomic E-state index is 12.8. The Morgan fingerprint density at radius 3 is 2.73 bits per heavy atom. The van der Waals surface area contributed by atoms with Crippen molar-refractivity contribution in [3.63, 3.8) is 0 Å². The summed E-state index contributed by atoms with van der Waals surface area (Å²) in [5.41, 5.74) is -0.913. The summed E-state index contributed by atoms with van der Waals surface area (Å²) in [7, 11) is 1.78. The summed E-state index contributed by atoms with van der Waals surface area (Å²) in [6.45, 7) is 1.25. The van der Waals surface area contributed by atoms with Crippen LogP contribution in [0.4, 0.5) is 19.0 Å². The molecule has 0 unspecified atom stereocenters. The van der Waals surface area contributed by atoms with Crippen molar-refractivity contribution in [2.24, 2.45) is 13.0 Å². The van der Waals surface area contributed by atoms with Crippen LogP contribution in [-0.2, 0) is 19.8 Å². The molecule has 0 bridgehead atoms. The molecule has 1 saturated heterocycles. The van der Waals surface area contributed by atoms with Gasteiger partial charge in [-0.3, -0.25) is 9.48 Å². The molecule has 0 radical (unpaired) electrons. The first-order chi connectivity index (χ1) is 12.3. The summed E-state index contributed by atoms with van der Waals surface area (Å²) in [4.78, 5) is 22.2. The predicted molar refractivity (Wildman–Crippen MR) is 85.5 cm³/mol. The van der Waals surface area contributed by atoms with Gasteiger partial charge in [0.1, 0.15) is 12.1 Å². The molecule has 0 saturated carbocycles. The molecule has 11 heteroatoms. The minimum atomic E-state index is -4.58. The second-order valence-corrected chi connectivity index (χ2v) is 6.21. The average molecular weight is 365 g/mol. The number of rotatable bonds is 3. The zero-order chi connectivity index (χ0) is 18.5. The lowest BCUT2D eigenvalue weighted by Crippen LogP contribution is -2.50. The second-order valence-electron chi connectivity index (χ2n) is 6.21. The number of aromatic nitrogens is 6. The average Bonchev–Trinajstić information content (AvgIpc) is 2.93. The molecular weight excluding hydrogens is 351 g/mol. The van der Waals surface area contributed by atoms with Crippen molar-refractivity contribution in [1.82, 2.24) is 29.5 Å². The van der Waals surface area contributed by atoms with Gasteiger partial charge in [0.25, 0.3) is 5.56 Å². The van der Waals surface area contributed by atoms with Gasteiger partial charge in [0.15, 0.2) is 11.3 Å². The van der Waals surface area contributed by atoms with Gasteiger partial charge in [-0.2, -0.15) is 23.4 Å². The Morgan fingerprint density at radius 2 is 2.00 bits per heavy atom. The van der Waals surface area contributed by atoms with E-state index in [0.717, 1.165) is 22.0 Å². The Balaban J connectivity index is 1.50. The van der Waals surface area contributed by atoms with E-state index in [1.54, 1.807) is 17.9 Å². The Kier molecular flexibility index (Phi) is 3.67. The van der Waals surface area contributed by atoms with Gasteiger partial charge >= 0.3 is 6.18 Å². The van der Waals surface area contributed by atoms with Crippen molar-refractivity contribution >= 4 is 16.9 Å². The van der Waals surface area contributed by atoms with E-state index in [2.05, 4.69) is 20.2 Å². The fourth-order valence-corrected chi connectivity index (χ4v) is 3.04. The molecule has 26 heavy (non-hydrogen) atoms. The maximum Gasteiger partial charge on any atom is 0.435 e. The van der Waals surface area contributed by atoms with Crippen LogP contribution < -0.4 is 10.5 Å². The van der Waals surface area contributed by atoms with Gasteiger partial charge in [0.2, 0.25) is 0 Å². The lowest BCUT2D eigenvalue weighted by atomic mass is 10.00. The number of hydrogen-bond acceptors (Lipinski definition) is 6. The van der Waals surface area contributed by atoms with Gasteiger partial charge in [-0.05, 0) is 6.07 Å². The smallest absolute Gasteiger partial charge is 0.355 e. The van der Waals surface area contributed by atoms with Gasteiger partial charge in [0.05, 0.1) is 18.1 Å². The number of fused-ring (bicyclic) bond motifs is 1. The Hall–Kier alpha value is -2.98. The highest BCUT2D eigenvalue weighted by atomic mass is 19.4. The topological polar surface area (TPSA) is 81.7 Å². The normalized spacial score (nSPS) is 15.5. The molecule has 4 heterocycles. The summed E-state index contributed by atoms with van der Waals surface area (Å²) < 4.78 is 40.8. The molecule has 1 aliphatic heterocycles. The second kappa shape index (κ2) is 5.78. The van der Waals surface area contributed by atoms with Crippen molar-refractivity contribution in [3.05, 3.63) is 40.7 Å². The fourth-order valence-electron chi connectivity index (χ4n) is 3.04. The summed E-state index contributed by atoms with van der Waals surface area (Å²) in [5.74, 6) is 0.731. The van der Waals surface area contributed by atoms with Crippen LogP contribution in [0.5, 0.6) is 0 Å². The van der Waals surface area contributed by atoms with Crippen LogP contribution in [0.25, 0.3) is 11.0 Å². The number of anilines is 1. The number of nitrogens with zero attached hydrogens (tertiary/aromatic N) is 7. The van der Waals surface area contributed by atoms with Crippen LogP contribution in [0.1, 0.15) is 5.69 Å². The van der Waals surface area contributed by atoms with E-state index < -0.39 is 17.4 Å². The van der Waals surface area contributed by atoms with Crippen molar-refractivity contribution in [2.75, 3.05) is 18.0 Å². The van der Waals surface area contributed by atoms with Crippen molar-refractivity contribution in [2.45, 2.75) is 12.7 Å². The fraction of sp³-hybridized carbons (Fsp3) is 0.400. The van der Waals surface area contributed by atoms with Gasteiger partial charge in [-0.25, -0.2) is 14.6 Å². The minimum absolute atomic E-state index is 0.00497. The van der Waals surface area contributed by atoms with Crippen molar-refractivity contribution in [1.29, 1.82) is 0 Å². The summed E-state index contributed by atoms with van der Waals surface area (Å²) in [6.07, 6.45) is -1.45. The van der Waals surface area contributed by atoms with Crippen LogP contribution in [-0.4, -0.2) is 42.6 Å². The molecule has 1 aliphatic rings. The molecule has 1 fully saturated rings. The molecule has 136 valence electrons. The molecule has 0 N–H and O–H groups in total. The van der Waals surface area contributed by atoms with Crippen LogP contribution in [0.2, 0.25) is 0 Å². The van der Waals surface area contributed by atoms with E-state index >= 15 is 0 Å². The highest BCUT2D eigenvalue weighted by molar-refractivity contribution is 5.86. The molecule has 0 aliphatic carbocycles. The van der Waals surface area contributed by atoms with Crippen LogP contribution in [0.15, 0.2) is 29.5 Å². The first kappa shape index (κ1) is 16.5. The van der Waals surface area contributed by atoms with E-state index in [9.17, 15) is 18.0 Å². The van der Waals surface area contributed by atoms with E-state index in [1.165, 1.54) is 6.33 Å². The van der Waals surface area contributed by atoms with Crippen LogP contribution in [0.3, 0.4) is 0 Å². The zero-order valence-corrected chi connectivity index (χ0v) is 13.7. The Bertz CT molecular complexity index is 1020. The number of alkyl halides is 3. The number of hydrogen-bond donors (Lipinski definition) is 0. The van der Waals surface area contributed by atoms with Gasteiger partial charge in [0, 0.05) is 32.1 Å². The minimum Gasteiger partial charge on any atom is -0.355 e. The molecular formula is C15H14F3N7O. The Morgan fingerprint density at radius 1 is 1.23 bits per heavy atom. The maximum atomic E-state index is 12.8. The lowest BCUT2D eigenvalue weighted by Gasteiger charge is -2.40. The molecule has 4 rings (SSSR count). The van der Waals surface area contributed by atoms with E-state index in [0.29, 0.717) is 24.8 Å². The summed E-state index contributed by atoms with van der Waals surface area (Å²) in [5, 5.41) is 8.40. The molecule has 0 spiro atoms. The molecule has 0 atom stereocenters. The predicted octanol–water partition coefficient (Wildman–Crippen LogP) is 1.08. The van der Waals surface area contributed by atoms with Crippen molar-refractivity contribution < 1.29 is 13.2 Å². The molecule has 3 aromatic heterocycles. The molecule has 0 aromatic carbocycles. The standard InChI is InChI=1S/C15H14F3N7O/c1-23-13-10(4-21-23)14(20-8-19-13)24-5-9(6-24)7-25-12(26)3-2-11(22-25)15(16,17)18/h2-4,8-9H,5-7H2,1H3. The highest BCUT2D eigenvalue weighted by Gasteiger charge is 2.34. The number of halogens is 3. The molecule has 0 amide bonds. The van der Waals surface area contributed by atoms with E-state index in [4.69, 9.17) is 0 Å². The summed E-state index contributed by atoms with van der Waals surface area (Å²) >= 11 is 0. The SMILES string of the molecule is Cn1ncc2c(N3CC(Cn4nc(C(F)(F)F)ccc4=O)C3)ncnc21. The van der Waals surface area contributed by atoms with Crippen molar-refractivity contribution in [3.8, 4) is 0 Å². The molecule has 8 nitrogen and oxygen atoms in total. The largest absolute Gasteiger partial charge is 0.435 e. The lowest BCUT2D eigenvalue weighted by molar-refractivity contribution is -0.142. The molecule has 3 aromatic rings. The first-order valence-electron chi connectivity index (χ1n) is 7.86. The highest BCUT2D eigenvalue weighted by Crippen LogP contribution is 2.29. The third-order valence-corrected chi connectivity index (χ3v) is 4.35. The zero-order valence-electron chi connectivity index (χ0n) is 13.7. The van der Waals surface area contributed by atoms with Gasteiger partial charge in [-0.15, -0.1) is 0 Å². The van der Waals surface area contributed by atoms with Crippen LogP contribution in [0, 0.1) is 5.92 Å². The first-order valence-corrected chi connectivity index (χ1v) is 7.86. The third kappa shape index (κ3) is 2.78. The summed E-state index contributed by atoms with van der Waals surface area (Å²) in [6, 6.07) is 1.60. The van der Waals surface area contributed by atoms with Gasteiger partial charge in [-0.1, -0.05) is 0 Å². The monoisotopic (exact) mass is 365 g/mol. The van der Waals surface area contributed by atoms with E-state index in [1.807, 2.05) is 4.90 Å². The van der Waals surface area contributed by atoms with E-state index in [-0.39, 0.29) is 12.5 Å². The number of aryl methyl sites for hydroxylation is 1. The Labute approximate surface area is 144 Å². The quantitative estimate of drug-likeness (QED) is 0.691. The van der Waals surface area contributed by atoms with Gasteiger partial charge < -0.3 is 4.90 Å². The van der Waals surface area contributed by atoms with Crippen LogP contribution >= 0.6 is 0 Å².